The Hall–Kier alpha value is -2.74. The SMILES string of the molecule is CCCN(CC(=O)OC)C(=O)c1cc2c(C)nn(Cc3ccc(F)cc3)c2s1. The van der Waals surface area contributed by atoms with Crippen molar-refractivity contribution in [2.75, 3.05) is 20.2 Å². The summed E-state index contributed by atoms with van der Waals surface area (Å²) in [6, 6.07) is 8.10. The van der Waals surface area contributed by atoms with Crippen molar-refractivity contribution >= 4 is 33.4 Å². The van der Waals surface area contributed by atoms with Gasteiger partial charge >= 0.3 is 5.97 Å². The van der Waals surface area contributed by atoms with E-state index >= 15 is 0 Å². The summed E-state index contributed by atoms with van der Waals surface area (Å²) >= 11 is 1.35. The highest BCUT2D eigenvalue weighted by molar-refractivity contribution is 7.20. The summed E-state index contributed by atoms with van der Waals surface area (Å²) in [4.78, 5) is 27.5. The molecule has 0 saturated heterocycles. The van der Waals surface area contributed by atoms with E-state index in [1.54, 1.807) is 12.1 Å². The zero-order valence-electron chi connectivity index (χ0n) is 16.1. The number of benzene rings is 1. The first-order valence-corrected chi connectivity index (χ1v) is 9.82. The Labute approximate surface area is 166 Å². The molecule has 0 aliphatic carbocycles. The van der Waals surface area contributed by atoms with E-state index in [0.29, 0.717) is 18.0 Å². The maximum absolute atomic E-state index is 13.1. The second kappa shape index (κ2) is 8.52. The summed E-state index contributed by atoms with van der Waals surface area (Å²) in [5.41, 5.74) is 1.74. The van der Waals surface area contributed by atoms with E-state index in [-0.39, 0.29) is 18.3 Å². The fraction of sp³-hybridized carbons (Fsp3) is 0.350. The average molecular weight is 403 g/mol. The number of thiophene rings is 1. The second-order valence-electron chi connectivity index (χ2n) is 6.50. The van der Waals surface area contributed by atoms with Crippen LogP contribution in [0.2, 0.25) is 0 Å². The molecule has 1 amide bonds. The number of aromatic nitrogens is 2. The van der Waals surface area contributed by atoms with Crippen LogP contribution in [0.1, 0.15) is 34.3 Å². The first-order valence-electron chi connectivity index (χ1n) is 9.00. The van der Waals surface area contributed by atoms with Crippen molar-refractivity contribution in [3.05, 3.63) is 52.3 Å². The number of rotatable bonds is 7. The van der Waals surface area contributed by atoms with Gasteiger partial charge in [-0.3, -0.25) is 14.3 Å². The van der Waals surface area contributed by atoms with Crippen molar-refractivity contribution in [1.29, 1.82) is 0 Å². The fourth-order valence-electron chi connectivity index (χ4n) is 2.99. The van der Waals surface area contributed by atoms with Crippen LogP contribution in [0.3, 0.4) is 0 Å². The van der Waals surface area contributed by atoms with E-state index in [1.807, 2.05) is 24.6 Å². The lowest BCUT2D eigenvalue weighted by atomic mass is 10.2. The number of carbonyl (C=O) groups excluding carboxylic acids is 2. The largest absolute Gasteiger partial charge is 0.468 e. The van der Waals surface area contributed by atoms with Crippen molar-refractivity contribution < 1.29 is 18.7 Å². The van der Waals surface area contributed by atoms with Gasteiger partial charge in [0.1, 0.15) is 17.2 Å². The van der Waals surface area contributed by atoms with Gasteiger partial charge in [0.2, 0.25) is 0 Å². The predicted octanol–water partition coefficient (Wildman–Crippen LogP) is 3.62. The lowest BCUT2D eigenvalue weighted by Crippen LogP contribution is -2.36. The first-order chi connectivity index (χ1) is 13.4. The molecule has 3 aromatic rings. The van der Waals surface area contributed by atoms with Crippen molar-refractivity contribution in [2.24, 2.45) is 0 Å². The maximum Gasteiger partial charge on any atom is 0.325 e. The molecule has 0 fully saturated rings. The minimum atomic E-state index is -0.443. The van der Waals surface area contributed by atoms with Gasteiger partial charge in [-0.25, -0.2) is 4.39 Å². The molecule has 6 nitrogen and oxygen atoms in total. The number of hydrogen-bond donors (Lipinski definition) is 0. The van der Waals surface area contributed by atoms with E-state index in [0.717, 1.165) is 27.9 Å². The summed E-state index contributed by atoms with van der Waals surface area (Å²) in [5.74, 6) is -0.918. The molecule has 0 atom stereocenters. The number of nitrogens with zero attached hydrogens (tertiary/aromatic N) is 3. The second-order valence-corrected chi connectivity index (χ2v) is 7.53. The third-order valence-corrected chi connectivity index (χ3v) is 5.53. The normalized spacial score (nSPS) is 11.0. The molecule has 2 heterocycles. The van der Waals surface area contributed by atoms with Crippen molar-refractivity contribution in [3.63, 3.8) is 0 Å². The lowest BCUT2D eigenvalue weighted by molar-refractivity contribution is -0.141. The molecule has 0 aliphatic heterocycles. The van der Waals surface area contributed by atoms with Crippen LogP contribution in [-0.4, -0.2) is 46.8 Å². The molecule has 8 heteroatoms. The maximum atomic E-state index is 13.1. The Morgan fingerprint density at radius 2 is 2.00 bits per heavy atom. The van der Waals surface area contributed by atoms with Gasteiger partial charge in [-0.1, -0.05) is 19.1 Å². The number of hydrogen-bond acceptors (Lipinski definition) is 5. The lowest BCUT2D eigenvalue weighted by Gasteiger charge is -2.19. The van der Waals surface area contributed by atoms with Gasteiger partial charge in [0.15, 0.2) is 0 Å². The van der Waals surface area contributed by atoms with E-state index < -0.39 is 5.97 Å². The van der Waals surface area contributed by atoms with Gasteiger partial charge in [0, 0.05) is 11.9 Å². The molecule has 148 valence electrons. The molecule has 1 aromatic carbocycles. The number of carbonyl (C=O) groups is 2. The van der Waals surface area contributed by atoms with E-state index in [4.69, 9.17) is 4.74 Å². The van der Waals surface area contributed by atoms with Crippen LogP contribution in [0.25, 0.3) is 10.2 Å². The van der Waals surface area contributed by atoms with Crippen LogP contribution in [0, 0.1) is 12.7 Å². The summed E-state index contributed by atoms with van der Waals surface area (Å²) in [6.07, 6.45) is 0.741. The Bertz CT molecular complexity index is 994. The zero-order valence-corrected chi connectivity index (χ0v) is 16.9. The number of methoxy groups -OCH3 is 1. The van der Waals surface area contributed by atoms with Gasteiger partial charge < -0.3 is 9.64 Å². The molecule has 0 aliphatic rings. The summed E-state index contributed by atoms with van der Waals surface area (Å²) in [5, 5.41) is 5.45. The number of ether oxygens (including phenoxy) is 1. The number of esters is 1. The van der Waals surface area contributed by atoms with E-state index in [9.17, 15) is 14.0 Å². The highest BCUT2D eigenvalue weighted by Gasteiger charge is 2.22. The first kappa shape index (κ1) is 20.0. The van der Waals surface area contributed by atoms with E-state index in [1.165, 1.54) is 35.5 Å². The van der Waals surface area contributed by atoms with Crippen LogP contribution in [-0.2, 0) is 16.1 Å². The Morgan fingerprint density at radius 1 is 1.29 bits per heavy atom. The quantitative estimate of drug-likeness (QED) is 0.565. The standard InChI is InChI=1S/C20H22FN3O3S/c1-4-9-23(12-18(25)27-3)19(26)17-10-16-13(2)22-24(20(16)28-17)11-14-5-7-15(21)8-6-14/h5-8,10H,4,9,11-12H2,1-3H3. The van der Waals surface area contributed by atoms with Crippen LogP contribution in [0.15, 0.2) is 30.3 Å². The molecular weight excluding hydrogens is 381 g/mol. The van der Waals surface area contributed by atoms with Crippen LogP contribution >= 0.6 is 11.3 Å². The summed E-state index contributed by atoms with van der Waals surface area (Å²) < 4.78 is 19.7. The molecule has 0 spiro atoms. The molecule has 0 bridgehead atoms. The molecule has 0 unspecified atom stereocenters. The Kier molecular flexibility index (Phi) is 6.08. The molecular formula is C20H22FN3O3S. The molecule has 0 N–H and O–H groups in total. The smallest absolute Gasteiger partial charge is 0.325 e. The number of halogens is 1. The summed E-state index contributed by atoms with van der Waals surface area (Å²) in [6.45, 7) is 4.73. The van der Waals surface area contributed by atoms with Crippen molar-refractivity contribution in [3.8, 4) is 0 Å². The van der Waals surface area contributed by atoms with Crippen molar-refractivity contribution in [1.82, 2.24) is 14.7 Å². The van der Waals surface area contributed by atoms with Crippen LogP contribution in [0.4, 0.5) is 4.39 Å². The highest BCUT2D eigenvalue weighted by Crippen LogP contribution is 2.30. The topological polar surface area (TPSA) is 64.4 Å². The van der Waals surface area contributed by atoms with Gasteiger partial charge in [-0.05, 0) is 37.1 Å². The Balaban J connectivity index is 1.89. The van der Waals surface area contributed by atoms with Gasteiger partial charge in [0.25, 0.3) is 5.91 Å². The minimum absolute atomic E-state index is 0.0713. The monoisotopic (exact) mass is 403 g/mol. The molecule has 3 rings (SSSR count). The van der Waals surface area contributed by atoms with Crippen LogP contribution < -0.4 is 0 Å². The average Bonchev–Trinajstić information content (AvgIpc) is 3.24. The third kappa shape index (κ3) is 4.22. The molecule has 0 saturated carbocycles. The highest BCUT2D eigenvalue weighted by atomic mass is 32.1. The fourth-order valence-corrected chi connectivity index (χ4v) is 4.12. The third-order valence-electron chi connectivity index (χ3n) is 4.39. The minimum Gasteiger partial charge on any atom is -0.468 e. The predicted molar refractivity (Wildman–Crippen MR) is 106 cm³/mol. The van der Waals surface area contributed by atoms with Crippen molar-refractivity contribution in [2.45, 2.75) is 26.8 Å². The molecule has 2 aromatic heterocycles. The van der Waals surface area contributed by atoms with E-state index in [2.05, 4.69) is 5.10 Å². The van der Waals surface area contributed by atoms with Gasteiger partial charge in [-0.15, -0.1) is 11.3 Å². The Morgan fingerprint density at radius 3 is 2.64 bits per heavy atom. The zero-order chi connectivity index (χ0) is 20.3. The summed E-state index contributed by atoms with van der Waals surface area (Å²) in [7, 11) is 1.31. The van der Waals surface area contributed by atoms with Gasteiger partial charge in [-0.2, -0.15) is 5.10 Å². The number of aryl methyl sites for hydroxylation is 1. The number of fused-ring (bicyclic) bond motifs is 1. The van der Waals surface area contributed by atoms with Gasteiger partial charge in [0.05, 0.1) is 24.2 Å². The number of amides is 1. The molecule has 0 radical (unpaired) electrons. The van der Waals surface area contributed by atoms with Crippen LogP contribution in [0.5, 0.6) is 0 Å². The molecule has 28 heavy (non-hydrogen) atoms.